The molecule has 1 aromatic rings. The Morgan fingerprint density at radius 2 is 1.11 bits per heavy atom. The van der Waals surface area contributed by atoms with Crippen molar-refractivity contribution in [3.63, 3.8) is 0 Å². The van der Waals surface area contributed by atoms with E-state index in [0.29, 0.717) is 50.6 Å². The monoisotopic (exact) mass is 556 g/mol. The second-order valence-electron chi connectivity index (χ2n) is 11.1. The molecule has 0 spiro atoms. The molecule has 0 bridgehead atoms. The fraction of sp³-hybridized carbons (Fsp3) is 0.640. The van der Waals surface area contributed by atoms with Crippen molar-refractivity contribution in [3.8, 4) is 11.5 Å². The number of ether oxygens (including phenoxy) is 4. The minimum Gasteiger partial charge on any atom is -0.493 e. The lowest BCUT2D eigenvalue weighted by molar-refractivity contribution is 0.0695. The van der Waals surface area contributed by atoms with Crippen molar-refractivity contribution in [1.29, 1.82) is 0 Å². The maximum Gasteiger partial charge on any atom is 0.407 e. The van der Waals surface area contributed by atoms with E-state index in [0.717, 1.165) is 12.1 Å². The van der Waals surface area contributed by atoms with Crippen LogP contribution in [-0.2, 0) is 9.47 Å². The van der Waals surface area contributed by atoms with Crippen LogP contribution in [0.15, 0.2) is 18.2 Å². The van der Waals surface area contributed by atoms with Crippen LogP contribution in [0.25, 0.3) is 0 Å². The molecule has 0 saturated carbocycles. The molecule has 0 atom stereocenters. The Labute approximate surface area is 222 Å². The summed E-state index contributed by atoms with van der Waals surface area (Å²) < 4.78 is 21.7. The molecule has 2 amide bonds. The number of carboxylic acid groups (broad SMARTS) is 1. The third-order valence-electron chi connectivity index (χ3n) is 5.02. The molecular weight excluding hydrogens is 512 g/mol. The quantitative estimate of drug-likeness (QED) is 0.179. The van der Waals surface area contributed by atoms with Gasteiger partial charge in [0, 0.05) is 35.3 Å². The van der Waals surface area contributed by atoms with Crippen LogP contribution < -0.4 is 20.1 Å². The number of carboxylic acids is 1. The first-order valence-corrected chi connectivity index (χ1v) is 20.1. The molecule has 1 rings (SSSR count). The summed E-state index contributed by atoms with van der Waals surface area (Å²) in [6, 6.07) is 6.28. The zero-order valence-corrected chi connectivity index (χ0v) is 25.1. The summed E-state index contributed by atoms with van der Waals surface area (Å²) in [5.74, 6) is -0.380. The van der Waals surface area contributed by atoms with Gasteiger partial charge in [-0.2, -0.15) is 0 Å². The van der Waals surface area contributed by atoms with Gasteiger partial charge >= 0.3 is 18.2 Å². The minimum absolute atomic E-state index is 0.0423. The molecule has 1 aromatic carbocycles. The Morgan fingerprint density at radius 1 is 0.703 bits per heavy atom. The fourth-order valence-corrected chi connectivity index (χ4v) is 4.20. The normalized spacial score (nSPS) is 11.4. The standard InChI is InChI=1S/C25H44N2O8Si2/c1-36(2,3)15-13-34-24(30)26-9-7-11-32-21-17-20(23(28)29)18-22(19-21)33-12-8-10-27-25(31)35-14-16-37(4,5)6/h17-19H,7-16H2,1-6H3,(H,26,30)(H,27,31)(H,28,29). The number of carbonyl (C=O) groups is 3. The molecule has 0 heterocycles. The van der Waals surface area contributed by atoms with Crippen molar-refractivity contribution in [2.75, 3.05) is 39.5 Å². The van der Waals surface area contributed by atoms with Gasteiger partial charge in [0.1, 0.15) is 11.5 Å². The molecule has 0 unspecified atom stereocenters. The van der Waals surface area contributed by atoms with Crippen molar-refractivity contribution < 1.29 is 38.4 Å². The molecule has 210 valence electrons. The zero-order valence-electron chi connectivity index (χ0n) is 23.1. The molecule has 3 N–H and O–H groups in total. The van der Waals surface area contributed by atoms with Gasteiger partial charge in [-0.1, -0.05) is 39.3 Å². The molecule has 0 aliphatic heterocycles. The smallest absolute Gasteiger partial charge is 0.407 e. The lowest BCUT2D eigenvalue weighted by atomic mass is 10.2. The van der Waals surface area contributed by atoms with Crippen LogP contribution in [0.4, 0.5) is 9.59 Å². The highest BCUT2D eigenvalue weighted by Gasteiger charge is 2.15. The number of hydrogen-bond donors (Lipinski definition) is 3. The van der Waals surface area contributed by atoms with Crippen molar-refractivity contribution >= 4 is 34.3 Å². The SMILES string of the molecule is C[Si](C)(C)CCOC(=O)NCCCOc1cc(OCCCNC(=O)OCC[Si](C)(C)C)cc(C(=O)O)c1. The number of nitrogens with one attached hydrogen (secondary N) is 2. The van der Waals surface area contributed by atoms with Crippen LogP contribution in [0.2, 0.25) is 51.4 Å². The average Bonchev–Trinajstić information content (AvgIpc) is 2.76. The van der Waals surface area contributed by atoms with Gasteiger partial charge in [-0.3, -0.25) is 0 Å². The van der Waals surface area contributed by atoms with Gasteiger partial charge in [0.15, 0.2) is 0 Å². The number of hydrogen-bond acceptors (Lipinski definition) is 7. The van der Waals surface area contributed by atoms with Gasteiger partial charge in [-0.15, -0.1) is 0 Å². The van der Waals surface area contributed by atoms with E-state index in [1.54, 1.807) is 6.07 Å². The highest BCUT2D eigenvalue weighted by atomic mass is 28.3. The Morgan fingerprint density at radius 3 is 1.46 bits per heavy atom. The topological polar surface area (TPSA) is 132 Å². The Kier molecular flexibility index (Phi) is 14.1. The first kappa shape index (κ1) is 32.3. The van der Waals surface area contributed by atoms with Crippen LogP contribution in [0.1, 0.15) is 23.2 Å². The molecule has 0 saturated heterocycles. The van der Waals surface area contributed by atoms with Gasteiger partial charge < -0.3 is 34.7 Å². The van der Waals surface area contributed by atoms with Crippen molar-refractivity contribution in [1.82, 2.24) is 10.6 Å². The van der Waals surface area contributed by atoms with Crippen molar-refractivity contribution in [2.45, 2.75) is 64.2 Å². The average molecular weight is 557 g/mol. The molecule has 0 aliphatic rings. The van der Waals surface area contributed by atoms with Gasteiger partial charge in [-0.25, -0.2) is 14.4 Å². The molecule has 0 fully saturated rings. The number of carbonyl (C=O) groups excluding carboxylic acids is 2. The zero-order chi connectivity index (χ0) is 27.9. The first-order valence-electron chi connectivity index (χ1n) is 12.7. The summed E-state index contributed by atoms with van der Waals surface area (Å²) >= 11 is 0. The molecule has 10 nitrogen and oxygen atoms in total. The number of alkyl carbamates (subject to hydrolysis) is 2. The predicted molar refractivity (Wildman–Crippen MR) is 149 cm³/mol. The van der Waals surface area contributed by atoms with Crippen LogP contribution in [0, 0.1) is 0 Å². The third-order valence-corrected chi connectivity index (χ3v) is 8.42. The molecule has 0 radical (unpaired) electrons. The van der Waals surface area contributed by atoms with Gasteiger partial charge in [-0.05, 0) is 37.1 Å². The van der Waals surface area contributed by atoms with Crippen LogP contribution >= 0.6 is 0 Å². The Bertz CT molecular complexity index is 809. The summed E-state index contributed by atoms with van der Waals surface area (Å²) in [5.41, 5.74) is 0.0423. The maximum absolute atomic E-state index is 11.7. The summed E-state index contributed by atoms with van der Waals surface area (Å²) in [4.78, 5) is 34.9. The van der Waals surface area contributed by atoms with E-state index in [2.05, 4.69) is 49.9 Å². The van der Waals surface area contributed by atoms with Crippen LogP contribution in [0.3, 0.4) is 0 Å². The second-order valence-corrected chi connectivity index (χ2v) is 22.4. The largest absolute Gasteiger partial charge is 0.493 e. The fourth-order valence-electron chi connectivity index (χ4n) is 2.77. The van der Waals surface area contributed by atoms with E-state index in [4.69, 9.17) is 18.9 Å². The van der Waals surface area contributed by atoms with E-state index < -0.39 is 34.3 Å². The highest BCUT2D eigenvalue weighted by molar-refractivity contribution is 6.76. The Hall–Kier alpha value is -2.74. The number of rotatable bonds is 17. The van der Waals surface area contributed by atoms with Crippen molar-refractivity contribution in [3.05, 3.63) is 23.8 Å². The summed E-state index contributed by atoms with van der Waals surface area (Å²) in [6.07, 6.45) is 0.152. The number of benzene rings is 1. The van der Waals surface area contributed by atoms with Gasteiger partial charge in [0.25, 0.3) is 0 Å². The van der Waals surface area contributed by atoms with E-state index in [9.17, 15) is 19.5 Å². The van der Waals surface area contributed by atoms with Gasteiger partial charge in [0.05, 0.1) is 32.0 Å². The van der Waals surface area contributed by atoms with E-state index in [-0.39, 0.29) is 18.8 Å². The van der Waals surface area contributed by atoms with Crippen molar-refractivity contribution in [2.24, 2.45) is 0 Å². The van der Waals surface area contributed by atoms with Gasteiger partial charge in [0.2, 0.25) is 0 Å². The lowest BCUT2D eigenvalue weighted by Gasteiger charge is -2.15. The van der Waals surface area contributed by atoms with E-state index in [1.807, 2.05) is 0 Å². The summed E-state index contributed by atoms with van der Waals surface area (Å²) in [6.45, 7) is 15.4. The van der Waals surface area contributed by atoms with E-state index in [1.165, 1.54) is 12.1 Å². The summed E-state index contributed by atoms with van der Waals surface area (Å²) in [7, 11) is -2.50. The maximum atomic E-state index is 11.7. The lowest BCUT2D eigenvalue weighted by Crippen LogP contribution is -2.29. The molecule has 12 heteroatoms. The van der Waals surface area contributed by atoms with E-state index >= 15 is 0 Å². The molecule has 0 aliphatic carbocycles. The highest BCUT2D eigenvalue weighted by Crippen LogP contribution is 2.23. The predicted octanol–water partition coefficient (Wildman–Crippen LogP) is 5.05. The Balaban J connectivity index is 2.35. The molecular formula is C25H44N2O8Si2. The first-order chi connectivity index (χ1) is 17.2. The number of aromatic carboxylic acids is 1. The van der Waals surface area contributed by atoms with Crippen LogP contribution in [-0.4, -0.2) is 78.9 Å². The summed E-state index contributed by atoms with van der Waals surface area (Å²) in [5, 5.41) is 14.7. The second kappa shape index (κ2) is 16.2. The molecule has 37 heavy (non-hydrogen) atoms. The third kappa shape index (κ3) is 17.4. The molecule has 0 aromatic heterocycles. The van der Waals surface area contributed by atoms with Crippen LogP contribution in [0.5, 0.6) is 11.5 Å². The number of amides is 2. The minimum atomic E-state index is -1.25.